The Kier molecular flexibility index (Phi) is 13.2. The summed E-state index contributed by atoms with van der Waals surface area (Å²) in [5.74, 6) is -0.710. The van der Waals surface area contributed by atoms with Crippen LogP contribution in [0.2, 0.25) is 0 Å². The van der Waals surface area contributed by atoms with Gasteiger partial charge in [0.15, 0.2) is 25.2 Å². The van der Waals surface area contributed by atoms with Crippen molar-refractivity contribution in [1.82, 2.24) is 5.32 Å². The van der Waals surface area contributed by atoms with Crippen LogP contribution in [0.3, 0.4) is 0 Å². The van der Waals surface area contributed by atoms with E-state index in [4.69, 9.17) is 33.2 Å². The van der Waals surface area contributed by atoms with Gasteiger partial charge in [-0.05, 0) is 6.92 Å². The third-order valence-electron chi connectivity index (χ3n) is 8.57. The highest BCUT2D eigenvalue weighted by Gasteiger charge is 2.56. The second-order valence-corrected chi connectivity index (χ2v) is 11.9. The molecular formula is C26H45NO20. The van der Waals surface area contributed by atoms with Gasteiger partial charge < -0.3 is 99.8 Å². The molecule has 21 heteroatoms. The monoisotopic (exact) mass is 691 g/mol. The first-order valence-electron chi connectivity index (χ1n) is 15.0. The van der Waals surface area contributed by atoms with Crippen molar-refractivity contribution in [3.8, 4) is 0 Å². The van der Waals surface area contributed by atoms with E-state index in [2.05, 4.69) is 5.32 Å². The topological polar surface area (TPSA) is 336 Å². The summed E-state index contributed by atoms with van der Waals surface area (Å²) in [6, 6.07) is -1.54. The molecule has 4 rings (SSSR count). The summed E-state index contributed by atoms with van der Waals surface area (Å²) in [4.78, 5) is 12.0. The Bertz CT molecular complexity index is 1010. The molecule has 1 amide bonds. The third kappa shape index (κ3) is 8.04. The maximum Gasteiger partial charge on any atom is 0.217 e. The van der Waals surface area contributed by atoms with Gasteiger partial charge in [-0.15, -0.1) is 0 Å². The molecule has 0 aromatic rings. The highest BCUT2D eigenvalue weighted by molar-refractivity contribution is 5.73. The van der Waals surface area contributed by atoms with Gasteiger partial charge in [0.05, 0.1) is 25.9 Å². The van der Waals surface area contributed by atoms with Crippen molar-refractivity contribution in [3.05, 3.63) is 0 Å². The number of aliphatic hydroxyl groups is 12. The minimum atomic E-state index is -1.95. The molecule has 1 unspecified atom stereocenters. The van der Waals surface area contributed by atoms with Gasteiger partial charge in [0.1, 0.15) is 91.5 Å². The molecular weight excluding hydrogens is 646 g/mol. The fourth-order valence-electron chi connectivity index (χ4n) is 5.86. The van der Waals surface area contributed by atoms with Crippen LogP contribution in [0.15, 0.2) is 0 Å². The van der Waals surface area contributed by atoms with Gasteiger partial charge in [-0.25, -0.2) is 0 Å². The number of nitrogens with one attached hydrogen (secondary N) is 1. The number of hydrogen-bond donors (Lipinski definition) is 13. The minimum Gasteiger partial charge on any atom is -0.394 e. The number of carbonyl (C=O) groups is 1. The zero-order valence-electron chi connectivity index (χ0n) is 25.3. The van der Waals surface area contributed by atoms with Crippen LogP contribution in [0, 0.1) is 0 Å². The van der Waals surface area contributed by atoms with Crippen LogP contribution in [-0.2, 0) is 38.0 Å². The molecule has 0 aromatic heterocycles. The summed E-state index contributed by atoms with van der Waals surface area (Å²) in [7, 11) is 0. The number of hydrogen-bond acceptors (Lipinski definition) is 20. The van der Waals surface area contributed by atoms with E-state index in [9.17, 15) is 66.1 Å². The highest BCUT2D eigenvalue weighted by atomic mass is 16.8. The van der Waals surface area contributed by atoms with E-state index in [0.717, 1.165) is 6.92 Å². The summed E-state index contributed by atoms with van der Waals surface area (Å²) >= 11 is 0. The molecule has 0 aliphatic carbocycles. The fraction of sp³-hybridized carbons (Fsp3) is 0.962. The second-order valence-electron chi connectivity index (χ2n) is 11.9. The lowest BCUT2D eigenvalue weighted by Gasteiger charge is -2.50. The summed E-state index contributed by atoms with van der Waals surface area (Å²) in [6.45, 7) is -0.177. The Balaban J connectivity index is 1.73. The number of carbonyl (C=O) groups excluding carboxylic acids is 1. The SMILES string of the molecule is CC(=O)N[C@H]1[C@@H](O[C@H]2[C@@H](O)[C@@H](CO)O[C@H](O[C@H]3[C@H](O)[C@@H](O)C(O)O[C@@H]3CO)[C@@H]2O[C@@H]2O[C@@H](C)[C@@H](O)[C@@H](O)[C@@H]2O)O[C@H](CO)[C@H](O)[C@@H]1O. The van der Waals surface area contributed by atoms with Gasteiger partial charge in [0.25, 0.3) is 0 Å². The van der Waals surface area contributed by atoms with Crippen molar-refractivity contribution in [1.29, 1.82) is 0 Å². The second kappa shape index (κ2) is 16.2. The van der Waals surface area contributed by atoms with Crippen LogP contribution in [0.25, 0.3) is 0 Å². The van der Waals surface area contributed by atoms with Crippen molar-refractivity contribution < 1.29 is 99.2 Å². The van der Waals surface area contributed by atoms with Crippen molar-refractivity contribution in [3.63, 3.8) is 0 Å². The van der Waals surface area contributed by atoms with E-state index in [1.165, 1.54) is 6.92 Å². The van der Waals surface area contributed by atoms with E-state index < -0.39 is 148 Å². The van der Waals surface area contributed by atoms with Gasteiger partial charge in [-0.3, -0.25) is 4.79 Å². The zero-order valence-corrected chi connectivity index (χ0v) is 25.3. The van der Waals surface area contributed by atoms with E-state index in [0.29, 0.717) is 0 Å². The maximum atomic E-state index is 12.0. The minimum absolute atomic E-state index is 0.710. The Morgan fingerprint density at radius 2 is 1.11 bits per heavy atom. The predicted octanol–water partition coefficient (Wildman–Crippen LogP) is -8.58. The molecule has 0 aromatic carbocycles. The molecule has 4 aliphatic rings. The number of ether oxygens (including phenoxy) is 7. The van der Waals surface area contributed by atoms with Gasteiger partial charge in [0, 0.05) is 6.92 Å². The Labute approximate surface area is 267 Å². The summed E-state index contributed by atoms with van der Waals surface area (Å²) in [5, 5.41) is 127. The number of aliphatic hydroxyl groups excluding tert-OH is 12. The van der Waals surface area contributed by atoms with Crippen LogP contribution in [0.4, 0.5) is 0 Å². The zero-order chi connectivity index (χ0) is 34.9. The van der Waals surface area contributed by atoms with Crippen molar-refractivity contribution >= 4 is 5.91 Å². The molecule has 0 spiro atoms. The molecule has 4 heterocycles. The first-order valence-corrected chi connectivity index (χ1v) is 15.0. The lowest BCUT2D eigenvalue weighted by atomic mass is 9.94. The largest absolute Gasteiger partial charge is 0.394 e. The highest BCUT2D eigenvalue weighted by Crippen LogP contribution is 2.35. The first-order chi connectivity index (χ1) is 22.1. The van der Waals surface area contributed by atoms with Crippen LogP contribution in [0.1, 0.15) is 13.8 Å². The molecule has 0 saturated carbocycles. The van der Waals surface area contributed by atoms with E-state index in [1.807, 2.05) is 0 Å². The number of rotatable bonds is 10. The fourth-order valence-corrected chi connectivity index (χ4v) is 5.86. The quantitative estimate of drug-likeness (QED) is 0.101. The van der Waals surface area contributed by atoms with Crippen LogP contribution < -0.4 is 5.32 Å². The van der Waals surface area contributed by atoms with Gasteiger partial charge in [0.2, 0.25) is 5.91 Å². The van der Waals surface area contributed by atoms with E-state index in [1.54, 1.807) is 0 Å². The molecule has 21 nitrogen and oxygen atoms in total. The van der Waals surface area contributed by atoms with Gasteiger partial charge >= 0.3 is 0 Å². The Morgan fingerprint density at radius 1 is 0.553 bits per heavy atom. The van der Waals surface area contributed by atoms with Gasteiger partial charge in [-0.2, -0.15) is 0 Å². The molecule has 4 saturated heterocycles. The average molecular weight is 692 g/mol. The summed E-state index contributed by atoms with van der Waals surface area (Å²) in [6.07, 6.45) is -33.0. The summed E-state index contributed by atoms with van der Waals surface area (Å²) < 4.78 is 39.7. The third-order valence-corrected chi connectivity index (χ3v) is 8.57. The molecule has 13 N–H and O–H groups in total. The normalized spacial score (nSPS) is 51.0. The van der Waals surface area contributed by atoms with Crippen LogP contribution in [-0.4, -0.2) is 210 Å². The average Bonchev–Trinajstić information content (AvgIpc) is 3.04. The lowest BCUT2D eigenvalue weighted by Crippen LogP contribution is -2.69. The smallest absolute Gasteiger partial charge is 0.217 e. The van der Waals surface area contributed by atoms with E-state index in [-0.39, 0.29) is 0 Å². The van der Waals surface area contributed by atoms with Crippen LogP contribution in [0.5, 0.6) is 0 Å². The number of amides is 1. The lowest BCUT2D eigenvalue weighted by molar-refractivity contribution is -0.400. The molecule has 47 heavy (non-hydrogen) atoms. The molecule has 20 atom stereocenters. The Hall–Kier alpha value is -1.29. The molecule has 4 fully saturated rings. The van der Waals surface area contributed by atoms with Crippen molar-refractivity contribution in [2.75, 3.05) is 19.8 Å². The van der Waals surface area contributed by atoms with E-state index >= 15 is 0 Å². The van der Waals surface area contributed by atoms with Gasteiger partial charge in [-0.1, -0.05) is 0 Å². The van der Waals surface area contributed by atoms with Crippen molar-refractivity contribution in [2.24, 2.45) is 0 Å². The van der Waals surface area contributed by atoms with Crippen molar-refractivity contribution in [2.45, 2.75) is 137 Å². The molecule has 4 aliphatic heterocycles. The molecule has 0 bridgehead atoms. The molecule has 274 valence electrons. The Morgan fingerprint density at radius 3 is 1.70 bits per heavy atom. The van der Waals surface area contributed by atoms with Crippen LogP contribution >= 0.6 is 0 Å². The summed E-state index contributed by atoms with van der Waals surface area (Å²) in [5.41, 5.74) is 0. The first kappa shape index (κ1) is 38.5. The predicted molar refractivity (Wildman–Crippen MR) is 144 cm³/mol. The maximum absolute atomic E-state index is 12.0. The standard InChI is InChI=1S/C26H45NO20/c1-6-12(32)16(36)19(39)25(41-6)47-22-21(46-24-11(27-7(2)31)15(35)13(33)8(3-28)43-24)14(34)9(4-29)44-26(22)45-20-10(5-30)42-23(40)18(38)17(20)37/h6,8-26,28-30,32-40H,3-5H2,1-2H3,(H,27,31)/t6-,8+,9+,10+,11+,12+,13-,14-,15+,16+,17+,18+,19-,20+,21-,22+,23?,24+,25-,26+/m0/s1. The molecule has 0 radical (unpaired) electrons.